The molecule has 20 heavy (non-hydrogen) atoms. The van der Waals surface area contributed by atoms with Crippen LogP contribution in [0.1, 0.15) is 37.7 Å². The van der Waals surface area contributed by atoms with E-state index in [0.717, 1.165) is 31.2 Å². The smallest absolute Gasteiger partial charge is 0.220 e. The molecule has 1 amide bonds. The molecule has 3 nitrogen and oxygen atoms in total. The summed E-state index contributed by atoms with van der Waals surface area (Å²) in [6.07, 6.45) is 5.03. The number of nitrogens with two attached hydrogens (primary N) is 1. The molecule has 0 bridgehead atoms. The molecular formula is C15H20Cl2N2O. The van der Waals surface area contributed by atoms with Gasteiger partial charge in [-0.25, -0.2) is 0 Å². The Morgan fingerprint density at radius 3 is 2.60 bits per heavy atom. The topological polar surface area (TPSA) is 55.1 Å². The summed E-state index contributed by atoms with van der Waals surface area (Å²) in [6.45, 7) is 0. The third kappa shape index (κ3) is 4.65. The van der Waals surface area contributed by atoms with Crippen molar-refractivity contribution in [3.63, 3.8) is 0 Å². The van der Waals surface area contributed by atoms with Gasteiger partial charge in [-0.1, -0.05) is 29.3 Å². The fraction of sp³-hybridized carbons (Fsp3) is 0.533. The predicted molar refractivity (Wildman–Crippen MR) is 83.2 cm³/mol. The van der Waals surface area contributed by atoms with E-state index in [2.05, 4.69) is 5.32 Å². The van der Waals surface area contributed by atoms with Crippen LogP contribution in [0.5, 0.6) is 0 Å². The predicted octanol–water partition coefficient (Wildman–Crippen LogP) is 3.31. The second kappa shape index (κ2) is 7.30. The Bertz CT molecular complexity index is 471. The van der Waals surface area contributed by atoms with Gasteiger partial charge in [0, 0.05) is 28.5 Å². The normalized spacial score (nSPS) is 22.6. The first-order valence-corrected chi connectivity index (χ1v) is 7.79. The molecule has 3 N–H and O–H groups in total. The van der Waals surface area contributed by atoms with Crippen LogP contribution in [0.15, 0.2) is 18.2 Å². The number of nitrogens with one attached hydrogen (secondary N) is 1. The van der Waals surface area contributed by atoms with E-state index >= 15 is 0 Å². The number of carbonyl (C=O) groups excluding carboxylic acids is 1. The van der Waals surface area contributed by atoms with Gasteiger partial charge in [-0.05, 0) is 49.8 Å². The van der Waals surface area contributed by atoms with E-state index in [1.165, 1.54) is 0 Å². The van der Waals surface area contributed by atoms with Crippen molar-refractivity contribution in [2.45, 2.75) is 50.6 Å². The second-order valence-electron chi connectivity index (χ2n) is 5.41. The average molecular weight is 315 g/mol. The fourth-order valence-corrected chi connectivity index (χ4v) is 3.04. The maximum absolute atomic E-state index is 11.9. The number of amides is 1. The summed E-state index contributed by atoms with van der Waals surface area (Å²) in [5.41, 5.74) is 6.81. The summed E-state index contributed by atoms with van der Waals surface area (Å²) < 4.78 is 0. The Kier molecular flexibility index (Phi) is 5.70. The van der Waals surface area contributed by atoms with Gasteiger partial charge in [-0.3, -0.25) is 4.79 Å². The molecule has 0 unspecified atom stereocenters. The molecule has 1 aliphatic rings. The van der Waals surface area contributed by atoms with Crippen LogP contribution in [0.4, 0.5) is 0 Å². The highest BCUT2D eigenvalue weighted by atomic mass is 35.5. The van der Waals surface area contributed by atoms with Gasteiger partial charge in [0.25, 0.3) is 0 Å². The van der Waals surface area contributed by atoms with Crippen molar-refractivity contribution in [3.8, 4) is 0 Å². The maximum atomic E-state index is 11.9. The van der Waals surface area contributed by atoms with Crippen LogP contribution < -0.4 is 11.1 Å². The molecule has 1 aromatic rings. The van der Waals surface area contributed by atoms with Crippen LogP contribution in [0.2, 0.25) is 10.0 Å². The lowest BCUT2D eigenvalue weighted by molar-refractivity contribution is -0.122. The third-order valence-electron chi connectivity index (χ3n) is 3.77. The van der Waals surface area contributed by atoms with Crippen LogP contribution >= 0.6 is 23.2 Å². The van der Waals surface area contributed by atoms with Crippen molar-refractivity contribution in [3.05, 3.63) is 33.8 Å². The zero-order valence-corrected chi connectivity index (χ0v) is 12.9. The number of rotatable bonds is 4. The van der Waals surface area contributed by atoms with Gasteiger partial charge in [-0.15, -0.1) is 0 Å². The number of carbonyl (C=O) groups is 1. The van der Waals surface area contributed by atoms with Crippen LogP contribution in [-0.2, 0) is 11.2 Å². The zero-order chi connectivity index (χ0) is 14.5. The quantitative estimate of drug-likeness (QED) is 0.895. The van der Waals surface area contributed by atoms with Crippen molar-refractivity contribution in [2.75, 3.05) is 0 Å². The van der Waals surface area contributed by atoms with Crippen molar-refractivity contribution in [1.82, 2.24) is 5.32 Å². The first kappa shape index (κ1) is 15.6. The molecule has 0 spiro atoms. The molecule has 0 radical (unpaired) electrons. The molecule has 5 heteroatoms. The molecule has 0 heterocycles. The largest absolute Gasteiger partial charge is 0.353 e. The third-order valence-corrected chi connectivity index (χ3v) is 4.36. The SMILES string of the molecule is NC1CCC(NC(=O)CCc2ccc(Cl)cc2Cl)CC1. The Labute approximate surface area is 129 Å². The first-order chi connectivity index (χ1) is 9.54. The number of benzene rings is 1. The zero-order valence-electron chi connectivity index (χ0n) is 11.4. The molecule has 1 saturated carbocycles. The maximum Gasteiger partial charge on any atom is 0.220 e. The number of hydrogen-bond donors (Lipinski definition) is 2. The van der Waals surface area contributed by atoms with E-state index in [1.54, 1.807) is 12.1 Å². The average Bonchev–Trinajstić information content (AvgIpc) is 2.40. The summed E-state index contributed by atoms with van der Waals surface area (Å²) in [6, 6.07) is 5.96. The van der Waals surface area contributed by atoms with Crippen LogP contribution in [0.25, 0.3) is 0 Å². The van der Waals surface area contributed by atoms with Gasteiger partial charge in [0.15, 0.2) is 0 Å². The van der Waals surface area contributed by atoms with Crippen molar-refractivity contribution < 1.29 is 4.79 Å². The van der Waals surface area contributed by atoms with Gasteiger partial charge < -0.3 is 11.1 Å². The highest BCUT2D eigenvalue weighted by Gasteiger charge is 2.19. The van der Waals surface area contributed by atoms with Crippen molar-refractivity contribution in [1.29, 1.82) is 0 Å². The van der Waals surface area contributed by atoms with Gasteiger partial charge in [0.2, 0.25) is 5.91 Å². The molecule has 0 aliphatic heterocycles. The van der Waals surface area contributed by atoms with Crippen LogP contribution in [-0.4, -0.2) is 18.0 Å². The van der Waals surface area contributed by atoms with Gasteiger partial charge in [0.05, 0.1) is 0 Å². The van der Waals surface area contributed by atoms with E-state index in [4.69, 9.17) is 28.9 Å². The molecular weight excluding hydrogens is 295 g/mol. The molecule has 1 aliphatic carbocycles. The summed E-state index contributed by atoms with van der Waals surface area (Å²) >= 11 is 11.9. The number of aryl methyl sites for hydroxylation is 1. The minimum Gasteiger partial charge on any atom is -0.353 e. The summed E-state index contributed by atoms with van der Waals surface area (Å²) in [5, 5.41) is 4.31. The Morgan fingerprint density at radius 2 is 1.95 bits per heavy atom. The second-order valence-corrected chi connectivity index (χ2v) is 6.26. The molecule has 0 atom stereocenters. The lowest BCUT2D eigenvalue weighted by atomic mass is 9.92. The Morgan fingerprint density at radius 1 is 1.25 bits per heavy atom. The van der Waals surface area contributed by atoms with Crippen LogP contribution in [0, 0.1) is 0 Å². The van der Waals surface area contributed by atoms with E-state index < -0.39 is 0 Å². The summed E-state index contributed by atoms with van der Waals surface area (Å²) in [5.74, 6) is 0.0801. The first-order valence-electron chi connectivity index (χ1n) is 7.03. The molecule has 0 aromatic heterocycles. The Balaban J connectivity index is 1.77. The molecule has 110 valence electrons. The van der Waals surface area contributed by atoms with Gasteiger partial charge in [-0.2, -0.15) is 0 Å². The minimum atomic E-state index is 0.0801. The lowest BCUT2D eigenvalue weighted by Crippen LogP contribution is -2.40. The highest BCUT2D eigenvalue weighted by molar-refractivity contribution is 6.35. The van der Waals surface area contributed by atoms with Crippen molar-refractivity contribution in [2.24, 2.45) is 5.73 Å². The monoisotopic (exact) mass is 314 g/mol. The number of hydrogen-bond acceptors (Lipinski definition) is 2. The highest BCUT2D eigenvalue weighted by Crippen LogP contribution is 2.22. The van der Waals surface area contributed by atoms with E-state index in [9.17, 15) is 4.79 Å². The Hall–Kier alpha value is -0.770. The van der Waals surface area contributed by atoms with Gasteiger partial charge >= 0.3 is 0 Å². The standard InChI is InChI=1S/C15H20Cl2N2O/c16-11-3-1-10(14(17)9-11)2-8-15(20)19-13-6-4-12(18)5-7-13/h1,3,9,12-13H,2,4-8,18H2,(H,19,20). The molecule has 1 aromatic carbocycles. The van der Waals surface area contributed by atoms with Crippen LogP contribution in [0.3, 0.4) is 0 Å². The van der Waals surface area contributed by atoms with E-state index in [0.29, 0.717) is 28.9 Å². The van der Waals surface area contributed by atoms with E-state index in [1.807, 2.05) is 6.07 Å². The minimum absolute atomic E-state index is 0.0801. The number of halogens is 2. The lowest BCUT2D eigenvalue weighted by Gasteiger charge is -2.26. The fourth-order valence-electron chi connectivity index (χ4n) is 2.54. The molecule has 1 fully saturated rings. The van der Waals surface area contributed by atoms with E-state index in [-0.39, 0.29) is 11.9 Å². The molecule has 2 rings (SSSR count). The summed E-state index contributed by atoms with van der Waals surface area (Å²) in [4.78, 5) is 11.9. The van der Waals surface area contributed by atoms with Gasteiger partial charge in [0.1, 0.15) is 0 Å². The molecule has 0 saturated heterocycles. The van der Waals surface area contributed by atoms with Crippen molar-refractivity contribution >= 4 is 29.1 Å². The summed E-state index contributed by atoms with van der Waals surface area (Å²) in [7, 11) is 0.